The molecule has 1 unspecified atom stereocenters. The zero-order valence-corrected chi connectivity index (χ0v) is 17.8. The molecule has 0 spiro atoms. The first-order chi connectivity index (χ1) is 14.4. The van der Waals surface area contributed by atoms with E-state index in [1.54, 1.807) is 43.1 Å². The molecule has 0 fully saturated rings. The highest BCUT2D eigenvalue weighted by Gasteiger charge is 2.50. The van der Waals surface area contributed by atoms with Crippen LogP contribution in [0.3, 0.4) is 0 Å². The Kier molecular flexibility index (Phi) is 6.73. The Hall–Kier alpha value is -2.92. The summed E-state index contributed by atoms with van der Waals surface area (Å²) in [4.78, 5) is 39.8. The number of hydrogen-bond acceptors (Lipinski definition) is 4. The fraction of sp³-hybridized carbons (Fsp3) is 0.292. The lowest BCUT2D eigenvalue weighted by Crippen LogP contribution is -2.40. The number of carbonyl (C=O) groups is 3. The maximum absolute atomic E-state index is 13.4. The first-order valence-corrected chi connectivity index (χ1v) is 10.3. The highest BCUT2D eigenvalue weighted by molar-refractivity contribution is 6.30. The molecule has 5 nitrogen and oxygen atoms in total. The SMILES string of the molecule is CCOC(=O)/C=C(/Cl)CCC1(CC(=O)c2ccccc2)C(=O)N(C)c2ccccc21. The highest BCUT2D eigenvalue weighted by atomic mass is 35.5. The molecule has 30 heavy (non-hydrogen) atoms. The molecule has 1 atom stereocenters. The largest absolute Gasteiger partial charge is 0.463 e. The Morgan fingerprint density at radius 1 is 1.10 bits per heavy atom. The summed E-state index contributed by atoms with van der Waals surface area (Å²) in [5.41, 5.74) is 1.11. The summed E-state index contributed by atoms with van der Waals surface area (Å²) in [6.45, 7) is 1.97. The average molecular weight is 426 g/mol. The van der Waals surface area contributed by atoms with Crippen molar-refractivity contribution in [3.63, 3.8) is 0 Å². The van der Waals surface area contributed by atoms with Crippen LogP contribution in [0.4, 0.5) is 5.69 Å². The van der Waals surface area contributed by atoms with Crippen LogP contribution in [0.15, 0.2) is 65.7 Å². The first kappa shape index (κ1) is 21.8. The van der Waals surface area contributed by atoms with Crippen molar-refractivity contribution in [1.29, 1.82) is 0 Å². The third kappa shape index (κ3) is 4.31. The number of allylic oxidation sites excluding steroid dienone is 1. The second-order valence-electron chi connectivity index (χ2n) is 7.27. The van der Waals surface area contributed by atoms with Crippen molar-refractivity contribution in [1.82, 2.24) is 0 Å². The molecular formula is C24H24ClNO4. The molecule has 1 heterocycles. The molecule has 3 rings (SSSR count). The normalized spacial score (nSPS) is 18.3. The van der Waals surface area contributed by atoms with Gasteiger partial charge in [0.2, 0.25) is 5.91 Å². The number of Topliss-reactive ketones (excluding diaryl/α,β-unsaturated/α-hetero) is 1. The number of para-hydroxylation sites is 1. The topological polar surface area (TPSA) is 63.7 Å². The first-order valence-electron chi connectivity index (χ1n) is 9.88. The standard InChI is InChI=1S/C24H24ClNO4/c1-3-30-22(28)15-18(25)13-14-24(16-21(27)17-9-5-4-6-10-17)19-11-7-8-12-20(19)26(2)23(24)29/h4-12,15H,3,13-14,16H2,1-2H3/b18-15+. The summed E-state index contributed by atoms with van der Waals surface area (Å²) in [7, 11) is 1.71. The van der Waals surface area contributed by atoms with Crippen LogP contribution in [0.2, 0.25) is 0 Å². The number of carbonyl (C=O) groups excluding carboxylic acids is 3. The number of anilines is 1. The lowest BCUT2D eigenvalue weighted by atomic mass is 9.73. The van der Waals surface area contributed by atoms with Gasteiger partial charge in [-0.3, -0.25) is 9.59 Å². The Balaban J connectivity index is 1.95. The molecule has 0 aliphatic carbocycles. The molecule has 0 bridgehead atoms. The number of ketones is 1. The minimum absolute atomic E-state index is 0.0285. The van der Waals surface area contributed by atoms with Crippen molar-refractivity contribution in [3.8, 4) is 0 Å². The van der Waals surface area contributed by atoms with Crippen molar-refractivity contribution < 1.29 is 19.1 Å². The minimum Gasteiger partial charge on any atom is -0.463 e. The van der Waals surface area contributed by atoms with E-state index in [9.17, 15) is 14.4 Å². The second-order valence-corrected chi connectivity index (χ2v) is 7.76. The Morgan fingerprint density at radius 2 is 1.77 bits per heavy atom. The molecule has 0 aromatic heterocycles. The molecule has 2 aromatic carbocycles. The van der Waals surface area contributed by atoms with Gasteiger partial charge in [-0.25, -0.2) is 4.79 Å². The summed E-state index contributed by atoms with van der Waals surface area (Å²) in [6.07, 6.45) is 1.84. The molecule has 1 amide bonds. The van der Waals surface area contributed by atoms with Crippen molar-refractivity contribution in [2.75, 3.05) is 18.6 Å². The Bertz CT molecular complexity index is 986. The van der Waals surface area contributed by atoms with Crippen molar-refractivity contribution in [2.24, 2.45) is 0 Å². The number of rotatable bonds is 8. The van der Waals surface area contributed by atoms with E-state index in [4.69, 9.17) is 16.3 Å². The van der Waals surface area contributed by atoms with Gasteiger partial charge in [-0.1, -0.05) is 60.1 Å². The lowest BCUT2D eigenvalue weighted by molar-refractivity contribution is -0.137. The average Bonchev–Trinajstić information content (AvgIpc) is 2.95. The summed E-state index contributed by atoms with van der Waals surface area (Å²) < 4.78 is 4.90. The molecular weight excluding hydrogens is 402 g/mol. The quantitative estimate of drug-likeness (QED) is 0.351. The Morgan fingerprint density at radius 3 is 2.47 bits per heavy atom. The van der Waals surface area contributed by atoms with Crippen LogP contribution in [0, 0.1) is 0 Å². The van der Waals surface area contributed by atoms with E-state index >= 15 is 0 Å². The second kappa shape index (κ2) is 9.26. The zero-order chi connectivity index (χ0) is 21.7. The number of hydrogen-bond donors (Lipinski definition) is 0. The van der Waals surface area contributed by atoms with Crippen molar-refractivity contribution >= 4 is 34.9 Å². The molecule has 1 aliphatic rings. The Labute approximate surface area is 181 Å². The van der Waals surface area contributed by atoms with Gasteiger partial charge in [-0.05, 0) is 31.4 Å². The van der Waals surface area contributed by atoms with E-state index in [1.807, 2.05) is 30.3 Å². The fourth-order valence-corrected chi connectivity index (χ4v) is 4.12. The molecule has 0 saturated carbocycles. The maximum atomic E-state index is 13.4. The number of ether oxygens (including phenoxy) is 1. The van der Waals surface area contributed by atoms with Crippen LogP contribution in [0.25, 0.3) is 0 Å². The van der Waals surface area contributed by atoms with Gasteiger partial charge in [0.1, 0.15) is 0 Å². The number of esters is 1. The number of nitrogens with zero attached hydrogens (tertiary/aromatic N) is 1. The van der Waals surface area contributed by atoms with Crippen LogP contribution in [-0.2, 0) is 19.7 Å². The molecule has 1 aliphatic heterocycles. The predicted molar refractivity (Wildman–Crippen MR) is 117 cm³/mol. The van der Waals surface area contributed by atoms with E-state index in [1.165, 1.54) is 6.08 Å². The fourth-order valence-electron chi connectivity index (χ4n) is 3.93. The van der Waals surface area contributed by atoms with Gasteiger partial charge in [-0.15, -0.1) is 0 Å². The minimum atomic E-state index is -1.04. The highest BCUT2D eigenvalue weighted by Crippen LogP contribution is 2.47. The van der Waals surface area contributed by atoms with Crippen LogP contribution < -0.4 is 4.90 Å². The van der Waals surface area contributed by atoms with E-state index in [2.05, 4.69) is 0 Å². The van der Waals surface area contributed by atoms with Gasteiger partial charge in [0, 0.05) is 35.8 Å². The summed E-state index contributed by atoms with van der Waals surface area (Å²) in [5, 5.41) is 0.291. The molecule has 156 valence electrons. The number of halogens is 1. The van der Waals surface area contributed by atoms with Crippen molar-refractivity contribution in [2.45, 2.75) is 31.6 Å². The van der Waals surface area contributed by atoms with Gasteiger partial charge >= 0.3 is 5.97 Å². The summed E-state index contributed by atoms with van der Waals surface area (Å²) in [6, 6.07) is 16.4. The third-order valence-corrected chi connectivity index (χ3v) is 5.70. The maximum Gasteiger partial charge on any atom is 0.331 e. The number of fused-ring (bicyclic) bond motifs is 1. The molecule has 0 N–H and O–H groups in total. The molecule has 0 saturated heterocycles. The third-order valence-electron chi connectivity index (χ3n) is 5.40. The van der Waals surface area contributed by atoms with Crippen molar-refractivity contribution in [3.05, 3.63) is 76.8 Å². The summed E-state index contributed by atoms with van der Waals surface area (Å²) in [5.74, 6) is -0.777. The smallest absolute Gasteiger partial charge is 0.331 e. The zero-order valence-electron chi connectivity index (χ0n) is 17.1. The van der Waals surface area contributed by atoms with Crippen LogP contribution in [0.1, 0.15) is 42.1 Å². The molecule has 2 aromatic rings. The van der Waals surface area contributed by atoms with Gasteiger partial charge in [-0.2, -0.15) is 0 Å². The lowest BCUT2D eigenvalue weighted by Gasteiger charge is -2.28. The number of amides is 1. The van der Waals surface area contributed by atoms with Gasteiger partial charge in [0.05, 0.1) is 12.0 Å². The molecule has 0 radical (unpaired) electrons. The predicted octanol–water partition coefficient (Wildman–Crippen LogP) is 4.64. The number of benzene rings is 2. The van der Waals surface area contributed by atoms with E-state index in [0.29, 0.717) is 17.0 Å². The van der Waals surface area contributed by atoms with E-state index in [0.717, 1.165) is 11.3 Å². The number of likely N-dealkylation sites (N-methyl/N-ethyl adjacent to an activating group) is 1. The van der Waals surface area contributed by atoms with E-state index < -0.39 is 11.4 Å². The van der Waals surface area contributed by atoms with Gasteiger partial charge in [0.15, 0.2) is 5.78 Å². The van der Waals surface area contributed by atoms with Crippen LogP contribution >= 0.6 is 11.6 Å². The van der Waals surface area contributed by atoms with Gasteiger partial charge < -0.3 is 9.64 Å². The summed E-state index contributed by atoms with van der Waals surface area (Å²) >= 11 is 6.27. The van der Waals surface area contributed by atoms with Crippen LogP contribution in [-0.4, -0.2) is 31.3 Å². The monoisotopic (exact) mass is 425 g/mol. The molecule has 6 heteroatoms. The van der Waals surface area contributed by atoms with E-state index in [-0.39, 0.29) is 31.1 Å². The van der Waals surface area contributed by atoms with Gasteiger partial charge in [0.25, 0.3) is 0 Å². The van der Waals surface area contributed by atoms with Crippen LogP contribution in [0.5, 0.6) is 0 Å².